The molecule has 0 aromatic carbocycles. The monoisotopic (exact) mass is 453 g/mol. The minimum atomic E-state index is -0.976. The quantitative estimate of drug-likeness (QED) is 0.601. The maximum atomic E-state index is 12.9. The molecule has 4 rings (SSSR count). The summed E-state index contributed by atoms with van der Waals surface area (Å²) in [5, 5.41) is 13.1. The summed E-state index contributed by atoms with van der Waals surface area (Å²) in [6.45, 7) is 2.84. The highest BCUT2D eigenvalue weighted by Gasteiger charge is 2.32. The molecule has 1 fully saturated rings. The topological polar surface area (TPSA) is 108 Å². The van der Waals surface area contributed by atoms with Crippen LogP contribution in [0, 0.1) is 0 Å². The van der Waals surface area contributed by atoms with Gasteiger partial charge < -0.3 is 25.0 Å². The van der Waals surface area contributed by atoms with Gasteiger partial charge in [0, 0.05) is 50.7 Å². The number of carboxylic acids is 1. The predicted octanol–water partition coefficient (Wildman–Crippen LogP) is 2.77. The number of hydrogen-bond donors (Lipinski definition) is 2. The van der Waals surface area contributed by atoms with Crippen molar-refractivity contribution in [3.63, 3.8) is 0 Å². The van der Waals surface area contributed by atoms with Crippen LogP contribution in [0.15, 0.2) is 30.5 Å². The normalized spacial score (nSPS) is 16.7. The minimum Gasteiger partial charge on any atom is -0.481 e. The molecule has 0 bridgehead atoms. The lowest BCUT2D eigenvalue weighted by molar-refractivity contribution is -0.139. The standard InChI is InChI=1S/C24H31N5O4/c1-33-21-10-8-18(15-26-21)20(23(30)31)16-29-14-13-28(24(29)32)12-4-6-19-9-7-17-5-2-3-11-25-22(17)27-19/h7-10,15,20H,2-6,11-14,16H2,1H3,(H,25,27)(H,30,31)/t20-/m0/s1. The van der Waals surface area contributed by atoms with E-state index in [1.54, 1.807) is 21.9 Å². The fourth-order valence-corrected chi connectivity index (χ4v) is 4.40. The van der Waals surface area contributed by atoms with E-state index in [-0.39, 0.29) is 12.6 Å². The van der Waals surface area contributed by atoms with E-state index in [1.807, 2.05) is 0 Å². The average molecular weight is 454 g/mol. The van der Waals surface area contributed by atoms with E-state index in [0.29, 0.717) is 31.1 Å². The fraction of sp³-hybridized carbons (Fsp3) is 0.500. The summed E-state index contributed by atoms with van der Waals surface area (Å²) in [6, 6.07) is 7.46. The SMILES string of the molecule is COc1ccc([C@H](CN2CCN(CCCc3ccc4c(n3)NCCCC4)C2=O)C(=O)O)cn1. The van der Waals surface area contributed by atoms with Crippen LogP contribution >= 0.6 is 0 Å². The van der Waals surface area contributed by atoms with E-state index >= 15 is 0 Å². The first kappa shape index (κ1) is 22.8. The summed E-state index contributed by atoms with van der Waals surface area (Å²) in [7, 11) is 1.51. The Kier molecular flexibility index (Phi) is 7.26. The highest BCUT2D eigenvalue weighted by molar-refractivity contribution is 5.80. The minimum absolute atomic E-state index is 0.112. The maximum Gasteiger partial charge on any atom is 0.320 e. The number of nitrogens with one attached hydrogen (secondary N) is 1. The molecular weight excluding hydrogens is 422 g/mol. The van der Waals surface area contributed by atoms with Crippen molar-refractivity contribution in [1.29, 1.82) is 0 Å². The van der Waals surface area contributed by atoms with E-state index in [4.69, 9.17) is 9.72 Å². The molecule has 9 nitrogen and oxygen atoms in total. The number of anilines is 1. The van der Waals surface area contributed by atoms with Crippen LogP contribution in [0.2, 0.25) is 0 Å². The van der Waals surface area contributed by atoms with Crippen molar-refractivity contribution in [3.8, 4) is 5.88 Å². The van der Waals surface area contributed by atoms with Crippen LogP contribution < -0.4 is 10.1 Å². The lowest BCUT2D eigenvalue weighted by atomic mass is 10.0. The molecule has 1 atom stereocenters. The van der Waals surface area contributed by atoms with E-state index in [0.717, 1.165) is 43.7 Å². The summed E-state index contributed by atoms with van der Waals surface area (Å²) in [6.07, 6.45) is 6.53. The van der Waals surface area contributed by atoms with Gasteiger partial charge in [0.1, 0.15) is 11.7 Å². The first-order valence-electron chi connectivity index (χ1n) is 11.5. The highest BCUT2D eigenvalue weighted by atomic mass is 16.5. The number of ether oxygens (including phenoxy) is 1. The Morgan fingerprint density at radius 2 is 2.06 bits per heavy atom. The van der Waals surface area contributed by atoms with Crippen LogP contribution in [0.25, 0.3) is 0 Å². The van der Waals surface area contributed by atoms with Gasteiger partial charge in [0.05, 0.1) is 7.11 Å². The smallest absolute Gasteiger partial charge is 0.320 e. The lowest BCUT2D eigenvalue weighted by Gasteiger charge is -2.22. The number of rotatable bonds is 9. The number of nitrogens with zero attached hydrogens (tertiary/aromatic N) is 4. The van der Waals surface area contributed by atoms with Crippen LogP contribution in [0.4, 0.5) is 10.6 Å². The molecular formula is C24H31N5O4. The molecule has 1 saturated heterocycles. The van der Waals surface area contributed by atoms with Gasteiger partial charge >= 0.3 is 12.0 Å². The molecule has 0 spiro atoms. The number of hydrogen-bond acceptors (Lipinski definition) is 6. The zero-order valence-electron chi connectivity index (χ0n) is 19.0. The Labute approximate surface area is 193 Å². The Morgan fingerprint density at radius 3 is 2.82 bits per heavy atom. The molecule has 33 heavy (non-hydrogen) atoms. The van der Waals surface area contributed by atoms with Crippen LogP contribution in [0.5, 0.6) is 5.88 Å². The summed E-state index contributed by atoms with van der Waals surface area (Å²) in [4.78, 5) is 37.0. The first-order chi connectivity index (χ1) is 16.0. The number of fused-ring (bicyclic) bond motifs is 1. The molecule has 2 aliphatic heterocycles. The molecule has 2 aromatic rings. The van der Waals surface area contributed by atoms with Crippen molar-refractivity contribution < 1.29 is 19.4 Å². The third-order valence-corrected chi connectivity index (χ3v) is 6.32. The summed E-state index contributed by atoms with van der Waals surface area (Å²) in [5.41, 5.74) is 2.86. The summed E-state index contributed by atoms with van der Waals surface area (Å²) in [5.74, 6) is -0.382. The van der Waals surface area contributed by atoms with E-state index in [1.165, 1.54) is 25.3 Å². The van der Waals surface area contributed by atoms with Gasteiger partial charge in [-0.3, -0.25) is 4.79 Å². The number of urea groups is 1. The number of aromatic nitrogens is 2. The van der Waals surface area contributed by atoms with Gasteiger partial charge in [-0.15, -0.1) is 0 Å². The molecule has 2 N–H and O–H groups in total. The molecule has 2 amide bonds. The third kappa shape index (κ3) is 5.53. The zero-order valence-corrected chi connectivity index (χ0v) is 19.0. The molecule has 0 radical (unpaired) electrons. The van der Waals surface area contributed by atoms with Crippen molar-refractivity contribution in [2.45, 2.75) is 38.0 Å². The van der Waals surface area contributed by atoms with E-state index in [2.05, 4.69) is 22.4 Å². The van der Waals surface area contributed by atoms with Gasteiger partial charge in [-0.2, -0.15) is 0 Å². The maximum absolute atomic E-state index is 12.9. The number of pyridine rings is 2. The molecule has 9 heteroatoms. The van der Waals surface area contributed by atoms with Gasteiger partial charge in [-0.05, 0) is 49.3 Å². The summed E-state index contributed by atoms with van der Waals surface area (Å²) < 4.78 is 5.04. The number of aryl methyl sites for hydroxylation is 2. The molecule has 2 aromatic heterocycles. The molecule has 0 aliphatic carbocycles. The van der Waals surface area contributed by atoms with Crippen molar-refractivity contribution >= 4 is 17.8 Å². The molecule has 176 valence electrons. The van der Waals surface area contributed by atoms with E-state index < -0.39 is 11.9 Å². The lowest BCUT2D eigenvalue weighted by Crippen LogP contribution is -2.36. The van der Waals surface area contributed by atoms with Gasteiger partial charge in [-0.1, -0.05) is 12.1 Å². The number of carbonyl (C=O) groups excluding carboxylic acids is 1. The molecule has 0 saturated carbocycles. The van der Waals surface area contributed by atoms with E-state index in [9.17, 15) is 14.7 Å². The molecule has 0 unspecified atom stereocenters. The van der Waals surface area contributed by atoms with Crippen molar-refractivity contribution in [1.82, 2.24) is 19.8 Å². The number of carbonyl (C=O) groups is 2. The second-order valence-corrected chi connectivity index (χ2v) is 8.54. The molecule has 4 heterocycles. The fourth-order valence-electron chi connectivity index (χ4n) is 4.40. The third-order valence-electron chi connectivity index (χ3n) is 6.32. The van der Waals surface area contributed by atoms with Gasteiger partial charge in [0.25, 0.3) is 0 Å². The second-order valence-electron chi connectivity index (χ2n) is 8.54. The van der Waals surface area contributed by atoms with Gasteiger partial charge in [-0.25, -0.2) is 14.8 Å². The Hall–Kier alpha value is -3.36. The Bertz CT molecular complexity index is 981. The van der Waals surface area contributed by atoms with Gasteiger partial charge in [0.15, 0.2) is 0 Å². The van der Waals surface area contributed by atoms with Gasteiger partial charge in [0.2, 0.25) is 5.88 Å². The Balaban J connectivity index is 1.30. The van der Waals surface area contributed by atoms with Crippen LogP contribution in [-0.4, -0.2) is 76.7 Å². The van der Waals surface area contributed by atoms with Crippen LogP contribution in [-0.2, 0) is 17.6 Å². The highest BCUT2D eigenvalue weighted by Crippen LogP contribution is 2.23. The van der Waals surface area contributed by atoms with Crippen LogP contribution in [0.1, 0.15) is 42.0 Å². The average Bonchev–Trinajstić information content (AvgIpc) is 3.01. The predicted molar refractivity (Wildman–Crippen MR) is 124 cm³/mol. The van der Waals surface area contributed by atoms with Crippen molar-refractivity contribution in [2.24, 2.45) is 0 Å². The Morgan fingerprint density at radius 1 is 1.21 bits per heavy atom. The number of aliphatic carboxylic acids is 1. The number of amides is 2. The zero-order chi connectivity index (χ0) is 23.2. The second kappa shape index (κ2) is 10.5. The van der Waals surface area contributed by atoms with Crippen molar-refractivity contribution in [3.05, 3.63) is 47.3 Å². The largest absolute Gasteiger partial charge is 0.481 e. The van der Waals surface area contributed by atoms with Crippen molar-refractivity contribution in [2.75, 3.05) is 45.2 Å². The first-order valence-corrected chi connectivity index (χ1v) is 11.5. The molecule has 2 aliphatic rings. The number of carboxylic acid groups (broad SMARTS) is 1. The summed E-state index contributed by atoms with van der Waals surface area (Å²) >= 11 is 0. The van der Waals surface area contributed by atoms with Crippen LogP contribution in [0.3, 0.4) is 0 Å². The number of methoxy groups -OCH3 is 1.